The van der Waals surface area contributed by atoms with Gasteiger partial charge in [-0.2, -0.15) is 0 Å². The first kappa shape index (κ1) is 13.4. The maximum absolute atomic E-state index is 4.13. The summed E-state index contributed by atoms with van der Waals surface area (Å²) in [5.41, 5.74) is 4.20. The number of likely N-dealkylation sites (tertiary alicyclic amines) is 1. The number of hydrogen-bond donors (Lipinski definition) is 0. The van der Waals surface area contributed by atoms with Gasteiger partial charge in [-0.1, -0.05) is 36.4 Å². The van der Waals surface area contributed by atoms with E-state index >= 15 is 0 Å². The zero-order valence-corrected chi connectivity index (χ0v) is 12.2. The van der Waals surface area contributed by atoms with E-state index in [-0.39, 0.29) is 5.54 Å². The lowest BCUT2D eigenvalue weighted by Crippen LogP contribution is -2.40. The minimum Gasteiger partial charge on any atom is -0.291 e. The maximum atomic E-state index is 4.13. The Labute approximate surface area is 112 Å². The first-order valence-electron chi connectivity index (χ1n) is 6.93. The Hall–Kier alpha value is -1.08. The smallest absolute Gasteiger partial charge is 0.0359 e. The second kappa shape index (κ2) is 4.89. The normalized spacial score (nSPS) is 21.2. The molecule has 1 saturated heterocycles. The van der Waals surface area contributed by atoms with Gasteiger partial charge in [0.1, 0.15) is 0 Å². The summed E-state index contributed by atoms with van der Waals surface area (Å²) in [5.74, 6) is 0. The van der Waals surface area contributed by atoms with E-state index in [2.05, 4.69) is 63.4 Å². The molecule has 0 aromatic heterocycles. The Balaban J connectivity index is 2.39. The van der Waals surface area contributed by atoms with Crippen LogP contribution in [-0.2, 0) is 0 Å². The highest BCUT2D eigenvalue weighted by molar-refractivity contribution is 5.65. The molecule has 1 fully saturated rings. The van der Waals surface area contributed by atoms with Gasteiger partial charge in [0.2, 0.25) is 0 Å². The third kappa shape index (κ3) is 2.51. The number of benzene rings is 1. The van der Waals surface area contributed by atoms with Crippen LogP contribution in [0.25, 0.3) is 5.57 Å². The molecule has 0 radical (unpaired) electrons. The fraction of sp³-hybridized carbons (Fsp3) is 0.529. The number of allylic oxidation sites excluding steroid dienone is 1. The van der Waals surface area contributed by atoms with Crippen molar-refractivity contribution < 1.29 is 0 Å². The molecule has 1 unspecified atom stereocenters. The van der Waals surface area contributed by atoms with Gasteiger partial charge in [0, 0.05) is 11.6 Å². The van der Waals surface area contributed by atoms with Gasteiger partial charge >= 0.3 is 0 Å². The van der Waals surface area contributed by atoms with Crippen molar-refractivity contribution >= 4 is 5.57 Å². The van der Waals surface area contributed by atoms with Crippen LogP contribution in [0, 0.1) is 0 Å². The van der Waals surface area contributed by atoms with Crippen molar-refractivity contribution in [3.05, 3.63) is 42.0 Å². The van der Waals surface area contributed by atoms with Crippen LogP contribution < -0.4 is 0 Å². The van der Waals surface area contributed by atoms with Gasteiger partial charge < -0.3 is 0 Å². The quantitative estimate of drug-likeness (QED) is 0.730. The van der Waals surface area contributed by atoms with Crippen LogP contribution in [-0.4, -0.2) is 17.0 Å². The zero-order chi connectivity index (χ0) is 13.3. The molecule has 0 bridgehead atoms. The average molecular weight is 243 g/mol. The summed E-state index contributed by atoms with van der Waals surface area (Å²) in [6, 6.07) is 9.30. The predicted molar refractivity (Wildman–Crippen MR) is 79.6 cm³/mol. The second-order valence-electron chi connectivity index (χ2n) is 6.39. The molecule has 1 aromatic carbocycles. The predicted octanol–water partition coefficient (Wildman–Crippen LogP) is 4.66. The molecule has 1 atom stereocenters. The molecule has 2 rings (SSSR count). The van der Waals surface area contributed by atoms with E-state index in [0.717, 1.165) is 0 Å². The summed E-state index contributed by atoms with van der Waals surface area (Å²) in [6.45, 7) is 14.4. The molecule has 1 nitrogen and oxygen atoms in total. The van der Waals surface area contributed by atoms with Crippen molar-refractivity contribution in [1.29, 1.82) is 0 Å². The van der Waals surface area contributed by atoms with Crippen LogP contribution in [0.5, 0.6) is 0 Å². The maximum Gasteiger partial charge on any atom is 0.0359 e. The summed E-state index contributed by atoms with van der Waals surface area (Å²) in [7, 11) is 0. The molecule has 0 aliphatic carbocycles. The van der Waals surface area contributed by atoms with E-state index in [0.29, 0.717) is 6.04 Å². The van der Waals surface area contributed by atoms with Gasteiger partial charge in [0.05, 0.1) is 0 Å². The minimum absolute atomic E-state index is 0.239. The highest BCUT2D eigenvalue weighted by Crippen LogP contribution is 2.39. The van der Waals surface area contributed by atoms with Crippen LogP contribution >= 0.6 is 0 Å². The standard InChI is InChI=1S/C17H25N/c1-13(2)14-9-6-7-10-15(14)16-11-8-12-18(16)17(3,4)5/h6-7,9-10,16H,1,8,11-12H2,2-5H3. The lowest BCUT2D eigenvalue weighted by atomic mass is 9.93. The van der Waals surface area contributed by atoms with Crippen LogP contribution in [0.2, 0.25) is 0 Å². The summed E-state index contributed by atoms with van der Waals surface area (Å²) in [6.07, 6.45) is 2.56. The topological polar surface area (TPSA) is 3.24 Å². The van der Waals surface area contributed by atoms with E-state index in [1.54, 1.807) is 0 Å². The van der Waals surface area contributed by atoms with Crippen molar-refractivity contribution in [3.8, 4) is 0 Å². The van der Waals surface area contributed by atoms with Gasteiger partial charge in [0.25, 0.3) is 0 Å². The zero-order valence-electron chi connectivity index (χ0n) is 12.2. The van der Waals surface area contributed by atoms with Crippen LogP contribution in [0.15, 0.2) is 30.8 Å². The Morgan fingerprint density at radius 2 is 1.94 bits per heavy atom. The minimum atomic E-state index is 0.239. The van der Waals surface area contributed by atoms with Crippen LogP contribution in [0.3, 0.4) is 0 Å². The van der Waals surface area contributed by atoms with E-state index < -0.39 is 0 Å². The molecule has 1 aromatic rings. The summed E-state index contributed by atoms with van der Waals surface area (Å²) >= 11 is 0. The molecule has 0 N–H and O–H groups in total. The first-order valence-corrected chi connectivity index (χ1v) is 6.93. The number of rotatable bonds is 2. The van der Waals surface area contributed by atoms with Crippen molar-refractivity contribution in [1.82, 2.24) is 4.90 Å². The number of nitrogens with zero attached hydrogens (tertiary/aromatic N) is 1. The van der Waals surface area contributed by atoms with Crippen molar-refractivity contribution in [2.24, 2.45) is 0 Å². The Morgan fingerprint density at radius 3 is 2.56 bits per heavy atom. The molecular formula is C17H25N. The molecule has 0 saturated carbocycles. The van der Waals surface area contributed by atoms with E-state index in [4.69, 9.17) is 0 Å². The molecular weight excluding hydrogens is 218 g/mol. The van der Waals surface area contributed by atoms with Gasteiger partial charge in [-0.05, 0) is 58.2 Å². The van der Waals surface area contributed by atoms with Gasteiger partial charge in [-0.3, -0.25) is 4.90 Å². The van der Waals surface area contributed by atoms with Gasteiger partial charge in [-0.15, -0.1) is 0 Å². The van der Waals surface area contributed by atoms with Crippen molar-refractivity contribution in [2.45, 2.75) is 52.1 Å². The molecule has 1 aliphatic rings. The van der Waals surface area contributed by atoms with Crippen molar-refractivity contribution in [2.75, 3.05) is 6.54 Å². The van der Waals surface area contributed by atoms with Crippen LogP contribution in [0.1, 0.15) is 57.7 Å². The monoisotopic (exact) mass is 243 g/mol. The Bertz CT molecular complexity index is 439. The van der Waals surface area contributed by atoms with Crippen molar-refractivity contribution in [3.63, 3.8) is 0 Å². The number of hydrogen-bond acceptors (Lipinski definition) is 1. The lowest BCUT2D eigenvalue weighted by molar-refractivity contribution is 0.121. The SMILES string of the molecule is C=C(C)c1ccccc1C1CCCN1C(C)(C)C. The fourth-order valence-corrected chi connectivity index (χ4v) is 3.07. The Morgan fingerprint density at radius 1 is 1.28 bits per heavy atom. The average Bonchev–Trinajstić information content (AvgIpc) is 2.77. The molecule has 0 amide bonds. The van der Waals surface area contributed by atoms with E-state index in [1.165, 1.54) is 36.1 Å². The molecule has 1 heterocycles. The second-order valence-corrected chi connectivity index (χ2v) is 6.39. The molecule has 1 heteroatoms. The highest BCUT2D eigenvalue weighted by Gasteiger charge is 2.34. The van der Waals surface area contributed by atoms with Crippen LogP contribution in [0.4, 0.5) is 0 Å². The first-order chi connectivity index (χ1) is 8.41. The lowest BCUT2D eigenvalue weighted by Gasteiger charge is -2.38. The van der Waals surface area contributed by atoms with E-state index in [9.17, 15) is 0 Å². The van der Waals surface area contributed by atoms with Gasteiger partial charge in [0.15, 0.2) is 0 Å². The summed E-state index contributed by atoms with van der Waals surface area (Å²) in [4.78, 5) is 2.63. The fourth-order valence-electron chi connectivity index (χ4n) is 3.07. The highest BCUT2D eigenvalue weighted by atomic mass is 15.2. The third-order valence-corrected chi connectivity index (χ3v) is 3.89. The molecule has 1 aliphatic heterocycles. The Kier molecular flexibility index (Phi) is 3.63. The molecule has 0 spiro atoms. The summed E-state index contributed by atoms with van der Waals surface area (Å²) in [5, 5.41) is 0. The molecule has 98 valence electrons. The third-order valence-electron chi connectivity index (χ3n) is 3.89. The largest absolute Gasteiger partial charge is 0.291 e. The van der Waals surface area contributed by atoms with Gasteiger partial charge in [-0.25, -0.2) is 0 Å². The van der Waals surface area contributed by atoms with E-state index in [1.807, 2.05) is 0 Å². The summed E-state index contributed by atoms with van der Waals surface area (Å²) < 4.78 is 0. The molecule has 18 heavy (non-hydrogen) atoms.